The minimum Gasteiger partial charge on any atom is -0.481 e. The second-order valence-electron chi connectivity index (χ2n) is 6.56. The highest BCUT2D eigenvalue weighted by Gasteiger charge is 2.54. The molecule has 7 heteroatoms. The fourth-order valence-electron chi connectivity index (χ4n) is 3.47. The number of nitrogens with zero attached hydrogens (tertiary/aromatic N) is 2. The maximum atomic E-state index is 12.6. The first-order valence-electron chi connectivity index (χ1n) is 6.79. The molecule has 0 aromatic rings. The van der Waals surface area contributed by atoms with E-state index in [1.165, 1.54) is 4.31 Å². The van der Waals surface area contributed by atoms with Crippen LogP contribution in [0.4, 0.5) is 0 Å². The van der Waals surface area contributed by atoms with Gasteiger partial charge in [0.2, 0.25) is 10.0 Å². The van der Waals surface area contributed by atoms with Crippen molar-refractivity contribution >= 4 is 16.0 Å². The van der Waals surface area contributed by atoms with Crippen molar-refractivity contribution in [2.75, 3.05) is 5.75 Å². The second kappa shape index (κ2) is 5.01. The summed E-state index contributed by atoms with van der Waals surface area (Å²) in [5.74, 6) is -1.59. The number of nitriles is 1. The largest absolute Gasteiger partial charge is 0.481 e. The second-order valence-corrected chi connectivity index (χ2v) is 8.44. The Bertz CT molecular complexity index is 549. The zero-order valence-electron chi connectivity index (χ0n) is 11.7. The number of sulfonamides is 1. The van der Waals surface area contributed by atoms with Gasteiger partial charge >= 0.3 is 5.97 Å². The summed E-state index contributed by atoms with van der Waals surface area (Å²) >= 11 is 0. The fourth-order valence-corrected chi connectivity index (χ4v) is 6.02. The highest BCUT2D eigenvalue weighted by Crippen LogP contribution is 2.44. The monoisotopic (exact) mass is 300 g/mol. The van der Waals surface area contributed by atoms with Crippen molar-refractivity contribution in [1.29, 1.82) is 5.26 Å². The van der Waals surface area contributed by atoms with Crippen LogP contribution in [0.5, 0.6) is 0 Å². The Morgan fingerprint density at radius 1 is 1.45 bits per heavy atom. The minimum atomic E-state index is -3.52. The number of rotatable bonds is 5. The van der Waals surface area contributed by atoms with Gasteiger partial charge in [-0.1, -0.05) is 13.8 Å². The highest BCUT2D eigenvalue weighted by atomic mass is 32.2. The SMILES string of the molecule is CC(C)(CC#N)CS(=O)(=O)N1C2CCC1C(C(=O)O)C2. The van der Waals surface area contributed by atoms with Crippen molar-refractivity contribution in [2.24, 2.45) is 11.3 Å². The molecule has 2 rings (SSSR count). The number of carbonyl (C=O) groups is 1. The average molecular weight is 300 g/mol. The van der Waals surface area contributed by atoms with Gasteiger partial charge in [-0.15, -0.1) is 0 Å². The van der Waals surface area contributed by atoms with E-state index in [1.807, 2.05) is 6.07 Å². The van der Waals surface area contributed by atoms with Crippen LogP contribution in [-0.4, -0.2) is 41.6 Å². The molecule has 2 aliphatic rings. The zero-order valence-corrected chi connectivity index (χ0v) is 12.6. The van der Waals surface area contributed by atoms with Gasteiger partial charge in [0.15, 0.2) is 0 Å². The minimum absolute atomic E-state index is 0.104. The molecule has 3 atom stereocenters. The summed E-state index contributed by atoms with van der Waals surface area (Å²) in [5.41, 5.74) is -0.617. The lowest BCUT2D eigenvalue weighted by atomic mass is 9.89. The van der Waals surface area contributed by atoms with Gasteiger partial charge in [0.05, 0.1) is 17.7 Å². The molecule has 0 radical (unpaired) electrons. The summed E-state index contributed by atoms with van der Waals surface area (Å²) in [6.07, 6.45) is 1.95. The lowest BCUT2D eigenvalue weighted by Crippen LogP contribution is -2.42. The van der Waals surface area contributed by atoms with Crippen LogP contribution >= 0.6 is 0 Å². The quantitative estimate of drug-likeness (QED) is 0.822. The molecule has 1 N–H and O–H groups in total. The van der Waals surface area contributed by atoms with Crippen LogP contribution < -0.4 is 0 Å². The lowest BCUT2D eigenvalue weighted by molar-refractivity contribution is -0.142. The third-order valence-electron chi connectivity index (χ3n) is 4.24. The molecule has 0 spiro atoms. The van der Waals surface area contributed by atoms with Crippen LogP contribution in [0.2, 0.25) is 0 Å². The van der Waals surface area contributed by atoms with Gasteiger partial charge in [-0.05, 0) is 24.7 Å². The fraction of sp³-hybridized carbons (Fsp3) is 0.846. The summed E-state index contributed by atoms with van der Waals surface area (Å²) in [7, 11) is -3.52. The average Bonchev–Trinajstić information content (AvgIpc) is 2.84. The molecule has 0 saturated carbocycles. The summed E-state index contributed by atoms with van der Waals surface area (Å²) in [6, 6.07) is 1.43. The topological polar surface area (TPSA) is 98.5 Å². The van der Waals surface area contributed by atoms with Gasteiger partial charge in [0.25, 0.3) is 0 Å². The molecule has 20 heavy (non-hydrogen) atoms. The third-order valence-corrected chi connectivity index (χ3v) is 6.60. The summed E-state index contributed by atoms with van der Waals surface area (Å²) in [6.45, 7) is 3.50. The molecule has 0 aromatic heterocycles. The number of hydrogen-bond acceptors (Lipinski definition) is 4. The summed E-state index contributed by atoms with van der Waals surface area (Å²) in [5, 5.41) is 17.9. The number of hydrogen-bond donors (Lipinski definition) is 1. The molecule has 0 aliphatic carbocycles. The van der Waals surface area contributed by atoms with Gasteiger partial charge in [-0.2, -0.15) is 9.57 Å². The number of carboxylic acid groups (broad SMARTS) is 1. The Morgan fingerprint density at radius 3 is 2.60 bits per heavy atom. The van der Waals surface area contributed by atoms with Crippen LogP contribution in [-0.2, 0) is 14.8 Å². The molecule has 3 unspecified atom stereocenters. The molecule has 2 aliphatic heterocycles. The van der Waals surface area contributed by atoms with Crippen molar-refractivity contribution in [1.82, 2.24) is 4.31 Å². The first-order chi connectivity index (χ1) is 9.18. The van der Waals surface area contributed by atoms with Crippen molar-refractivity contribution in [2.45, 2.75) is 51.6 Å². The van der Waals surface area contributed by atoms with E-state index in [4.69, 9.17) is 5.26 Å². The Hall–Kier alpha value is -1.13. The van der Waals surface area contributed by atoms with Gasteiger partial charge in [-0.3, -0.25) is 4.79 Å². The molecule has 2 bridgehead atoms. The van der Waals surface area contributed by atoms with E-state index in [-0.39, 0.29) is 18.2 Å². The number of carboxylic acids is 1. The summed E-state index contributed by atoms with van der Waals surface area (Å²) < 4.78 is 26.6. The summed E-state index contributed by atoms with van der Waals surface area (Å²) in [4.78, 5) is 11.2. The van der Waals surface area contributed by atoms with E-state index >= 15 is 0 Å². The predicted octanol–water partition coefficient (Wildman–Crippen LogP) is 1.19. The Morgan fingerprint density at radius 2 is 2.10 bits per heavy atom. The molecular formula is C13H20N2O4S. The zero-order chi connectivity index (χ0) is 15.1. The maximum Gasteiger partial charge on any atom is 0.308 e. The van der Waals surface area contributed by atoms with Gasteiger partial charge in [-0.25, -0.2) is 8.42 Å². The first kappa shape index (κ1) is 15.3. The molecule has 2 saturated heterocycles. The van der Waals surface area contributed by atoms with Crippen LogP contribution in [0.3, 0.4) is 0 Å². The van der Waals surface area contributed by atoms with E-state index in [2.05, 4.69) is 0 Å². The van der Waals surface area contributed by atoms with Gasteiger partial charge < -0.3 is 5.11 Å². The van der Waals surface area contributed by atoms with Gasteiger partial charge in [0, 0.05) is 18.5 Å². The molecule has 2 fully saturated rings. The van der Waals surface area contributed by atoms with Crippen molar-refractivity contribution < 1.29 is 18.3 Å². The first-order valence-corrected chi connectivity index (χ1v) is 8.40. The third kappa shape index (κ3) is 2.67. The van der Waals surface area contributed by atoms with E-state index in [1.54, 1.807) is 13.8 Å². The van der Waals surface area contributed by atoms with E-state index < -0.39 is 33.4 Å². The molecule has 6 nitrogen and oxygen atoms in total. The molecule has 0 aromatic carbocycles. The van der Waals surface area contributed by atoms with Crippen molar-refractivity contribution in [3.8, 4) is 6.07 Å². The standard InChI is InChI=1S/C13H20N2O4S/c1-13(2,5-6-14)8-20(18,19)15-9-3-4-11(15)10(7-9)12(16)17/h9-11H,3-5,7-8H2,1-2H3,(H,16,17). The Kier molecular flexibility index (Phi) is 3.82. The number of aliphatic carboxylic acids is 1. The lowest BCUT2D eigenvalue weighted by Gasteiger charge is -2.28. The van der Waals surface area contributed by atoms with Crippen LogP contribution in [0, 0.1) is 22.7 Å². The van der Waals surface area contributed by atoms with E-state index in [0.717, 1.165) is 6.42 Å². The Labute approximate surface area is 119 Å². The van der Waals surface area contributed by atoms with Crippen molar-refractivity contribution in [3.05, 3.63) is 0 Å². The smallest absolute Gasteiger partial charge is 0.308 e. The normalized spacial score (nSPS) is 30.4. The van der Waals surface area contributed by atoms with Gasteiger partial charge in [0.1, 0.15) is 0 Å². The number of fused-ring (bicyclic) bond motifs is 2. The van der Waals surface area contributed by atoms with Crippen LogP contribution in [0.25, 0.3) is 0 Å². The molecule has 0 amide bonds. The van der Waals surface area contributed by atoms with Crippen LogP contribution in [0.15, 0.2) is 0 Å². The molecule has 2 heterocycles. The Balaban J connectivity index is 2.20. The highest BCUT2D eigenvalue weighted by molar-refractivity contribution is 7.89. The maximum absolute atomic E-state index is 12.6. The van der Waals surface area contributed by atoms with Crippen LogP contribution in [0.1, 0.15) is 39.5 Å². The van der Waals surface area contributed by atoms with E-state index in [0.29, 0.717) is 12.8 Å². The van der Waals surface area contributed by atoms with Crippen molar-refractivity contribution in [3.63, 3.8) is 0 Å². The molecular weight excluding hydrogens is 280 g/mol. The predicted molar refractivity (Wildman–Crippen MR) is 72.2 cm³/mol. The van der Waals surface area contributed by atoms with E-state index in [9.17, 15) is 18.3 Å². The molecule has 112 valence electrons.